The first-order chi connectivity index (χ1) is 21.0. The molecule has 0 fully saturated rings. The van der Waals surface area contributed by atoms with E-state index in [4.69, 9.17) is 16.3 Å². The third-order valence-electron chi connectivity index (χ3n) is 5.99. The van der Waals surface area contributed by atoms with Crippen molar-refractivity contribution in [2.24, 2.45) is 0 Å². The van der Waals surface area contributed by atoms with Gasteiger partial charge < -0.3 is 20.7 Å². The van der Waals surface area contributed by atoms with Gasteiger partial charge in [-0.25, -0.2) is 0 Å². The van der Waals surface area contributed by atoms with Crippen LogP contribution in [0.25, 0.3) is 6.08 Å². The molecule has 44 heavy (non-hydrogen) atoms. The van der Waals surface area contributed by atoms with Crippen molar-refractivity contribution in [3.63, 3.8) is 0 Å². The van der Waals surface area contributed by atoms with Crippen LogP contribution in [0.15, 0.2) is 108 Å². The van der Waals surface area contributed by atoms with Crippen LogP contribution in [0, 0.1) is 0 Å². The summed E-state index contributed by atoms with van der Waals surface area (Å²) in [5, 5.41) is 7.79. The summed E-state index contributed by atoms with van der Waals surface area (Å²) in [6.45, 7) is 0. The summed E-state index contributed by atoms with van der Waals surface area (Å²) >= 11 is 7.07. The molecule has 0 bridgehead atoms. The van der Waals surface area contributed by atoms with E-state index in [-0.39, 0.29) is 22.2 Å². The second-order valence-electron chi connectivity index (χ2n) is 9.16. The number of methoxy groups -OCH3 is 1. The molecule has 0 unspecified atom stereocenters. The summed E-state index contributed by atoms with van der Waals surface area (Å²) in [4.78, 5) is 39.3. The van der Waals surface area contributed by atoms with Crippen LogP contribution in [0.5, 0.6) is 5.75 Å². The maximum absolute atomic E-state index is 13.3. The number of anilines is 2. The number of hydrogen-bond donors (Lipinski definition) is 3. The van der Waals surface area contributed by atoms with E-state index in [2.05, 4.69) is 16.0 Å². The maximum Gasteiger partial charge on any atom is 0.416 e. The smallest absolute Gasteiger partial charge is 0.416 e. The Morgan fingerprint density at radius 1 is 0.886 bits per heavy atom. The molecule has 0 radical (unpaired) electrons. The summed E-state index contributed by atoms with van der Waals surface area (Å²) in [7, 11) is 1.54. The molecule has 4 aromatic rings. The van der Waals surface area contributed by atoms with E-state index in [1.165, 1.54) is 13.2 Å². The van der Waals surface area contributed by atoms with Crippen molar-refractivity contribution < 1.29 is 32.3 Å². The number of amides is 3. The van der Waals surface area contributed by atoms with E-state index in [0.717, 1.165) is 30.0 Å². The molecule has 12 heteroatoms. The zero-order valence-electron chi connectivity index (χ0n) is 23.1. The standard InChI is InChI=1S/C32H25ClF3N3O4S/c1-43-24-13-10-20(11-14-24)16-28(39-30(41)21-6-3-2-4-7-21)31(42)37-23-8-5-9-25(18-23)44-19-29(40)38-27-17-22(32(34,35)36)12-15-26(27)33/h2-18H,19H2,1H3,(H,37,42)(H,38,40)(H,39,41)/b28-16+. The van der Waals surface area contributed by atoms with Crippen LogP contribution in [-0.4, -0.2) is 30.6 Å². The van der Waals surface area contributed by atoms with Crippen LogP contribution in [0.1, 0.15) is 21.5 Å². The highest BCUT2D eigenvalue weighted by molar-refractivity contribution is 8.00. The van der Waals surface area contributed by atoms with Crippen LogP contribution in [-0.2, 0) is 15.8 Å². The van der Waals surface area contributed by atoms with Crippen molar-refractivity contribution >= 4 is 58.5 Å². The molecular formula is C32H25ClF3N3O4S. The lowest BCUT2D eigenvalue weighted by Crippen LogP contribution is -2.30. The lowest BCUT2D eigenvalue weighted by atomic mass is 10.1. The minimum absolute atomic E-state index is 0.0144. The Morgan fingerprint density at radius 2 is 1.61 bits per heavy atom. The third-order valence-corrected chi connectivity index (χ3v) is 7.31. The molecule has 3 amide bonds. The highest BCUT2D eigenvalue weighted by Gasteiger charge is 2.31. The lowest BCUT2D eigenvalue weighted by molar-refractivity contribution is -0.137. The molecule has 0 aliphatic heterocycles. The molecule has 226 valence electrons. The van der Waals surface area contributed by atoms with Crippen LogP contribution >= 0.6 is 23.4 Å². The van der Waals surface area contributed by atoms with E-state index < -0.39 is 29.5 Å². The fourth-order valence-electron chi connectivity index (χ4n) is 3.80. The molecule has 3 N–H and O–H groups in total. The zero-order valence-corrected chi connectivity index (χ0v) is 24.6. The normalized spacial score (nSPS) is 11.4. The number of rotatable bonds is 10. The predicted molar refractivity (Wildman–Crippen MR) is 166 cm³/mol. The monoisotopic (exact) mass is 639 g/mol. The minimum atomic E-state index is -4.59. The van der Waals surface area contributed by atoms with E-state index in [1.54, 1.807) is 78.9 Å². The Balaban J connectivity index is 1.45. The molecule has 0 aliphatic carbocycles. The van der Waals surface area contributed by atoms with E-state index in [0.29, 0.717) is 27.5 Å². The summed E-state index contributed by atoms with van der Waals surface area (Å²) in [5.41, 5.74) is 0.287. The average Bonchev–Trinajstić information content (AvgIpc) is 3.01. The second kappa shape index (κ2) is 14.6. The number of carbonyl (C=O) groups excluding carboxylic acids is 3. The number of alkyl halides is 3. The van der Waals surface area contributed by atoms with Crippen LogP contribution < -0.4 is 20.7 Å². The van der Waals surface area contributed by atoms with Gasteiger partial charge in [0.2, 0.25) is 5.91 Å². The van der Waals surface area contributed by atoms with Gasteiger partial charge in [-0.1, -0.05) is 48.0 Å². The molecule has 0 aliphatic rings. The zero-order chi connectivity index (χ0) is 31.7. The van der Waals surface area contributed by atoms with Gasteiger partial charge in [0, 0.05) is 16.1 Å². The van der Waals surface area contributed by atoms with Crippen molar-refractivity contribution in [3.8, 4) is 5.75 Å². The summed E-state index contributed by atoms with van der Waals surface area (Å²) < 4.78 is 44.3. The quantitative estimate of drug-likeness (QED) is 0.123. The largest absolute Gasteiger partial charge is 0.497 e. The topological polar surface area (TPSA) is 96.5 Å². The Bertz CT molecular complexity index is 1680. The maximum atomic E-state index is 13.3. The second-order valence-corrected chi connectivity index (χ2v) is 10.6. The first-order valence-corrected chi connectivity index (χ1v) is 14.3. The van der Waals surface area contributed by atoms with E-state index >= 15 is 0 Å². The fourth-order valence-corrected chi connectivity index (χ4v) is 4.72. The number of hydrogen-bond acceptors (Lipinski definition) is 5. The van der Waals surface area contributed by atoms with Crippen molar-refractivity contribution in [3.05, 3.63) is 124 Å². The number of halogens is 4. The Labute approximate surface area is 260 Å². The van der Waals surface area contributed by atoms with Gasteiger partial charge in [0.1, 0.15) is 11.4 Å². The van der Waals surface area contributed by atoms with E-state index in [1.807, 2.05) is 0 Å². The average molecular weight is 640 g/mol. The van der Waals surface area contributed by atoms with Crippen LogP contribution in [0.4, 0.5) is 24.5 Å². The Morgan fingerprint density at radius 3 is 2.30 bits per heavy atom. The van der Waals surface area contributed by atoms with Crippen molar-refractivity contribution in [2.45, 2.75) is 11.1 Å². The van der Waals surface area contributed by atoms with Gasteiger partial charge in [-0.2, -0.15) is 13.2 Å². The molecule has 4 rings (SSSR count). The number of ether oxygens (including phenoxy) is 1. The molecule has 4 aromatic carbocycles. The fraction of sp³-hybridized carbons (Fsp3) is 0.0938. The lowest BCUT2D eigenvalue weighted by Gasteiger charge is -2.13. The van der Waals surface area contributed by atoms with Crippen molar-refractivity contribution in [1.29, 1.82) is 0 Å². The molecule has 0 heterocycles. The van der Waals surface area contributed by atoms with Gasteiger partial charge in [0.15, 0.2) is 0 Å². The summed E-state index contributed by atoms with van der Waals surface area (Å²) in [6, 6.07) is 24.6. The molecule has 7 nitrogen and oxygen atoms in total. The van der Waals surface area contributed by atoms with Gasteiger partial charge in [0.05, 0.1) is 29.1 Å². The van der Waals surface area contributed by atoms with Gasteiger partial charge in [-0.15, -0.1) is 11.8 Å². The van der Waals surface area contributed by atoms with Gasteiger partial charge in [-0.3, -0.25) is 14.4 Å². The first kappa shape index (κ1) is 32.2. The SMILES string of the molecule is COc1ccc(/C=C(/NC(=O)c2ccccc2)C(=O)Nc2cccc(SCC(=O)Nc3cc(C(F)(F)F)ccc3Cl)c2)cc1. The predicted octanol–water partition coefficient (Wildman–Crippen LogP) is 7.51. The van der Waals surface area contributed by atoms with Gasteiger partial charge in [-0.05, 0) is 72.3 Å². The highest BCUT2D eigenvalue weighted by Crippen LogP contribution is 2.34. The molecule has 0 spiro atoms. The minimum Gasteiger partial charge on any atom is -0.497 e. The molecule has 0 saturated carbocycles. The number of thioether (sulfide) groups is 1. The number of carbonyl (C=O) groups is 3. The molecule has 0 atom stereocenters. The van der Waals surface area contributed by atoms with Gasteiger partial charge in [0.25, 0.3) is 11.8 Å². The van der Waals surface area contributed by atoms with Crippen LogP contribution in [0.2, 0.25) is 5.02 Å². The Hall–Kier alpha value is -4.74. The number of benzene rings is 4. The van der Waals surface area contributed by atoms with Crippen molar-refractivity contribution in [2.75, 3.05) is 23.5 Å². The van der Waals surface area contributed by atoms with Crippen molar-refractivity contribution in [1.82, 2.24) is 5.32 Å². The highest BCUT2D eigenvalue weighted by atomic mass is 35.5. The van der Waals surface area contributed by atoms with Gasteiger partial charge >= 0.3 is 6.18 Å². The summed E-state index contributed by atoms with van der Waals surface area (Å²) in [5.74, 6) is -1.15. The molecular weight excluding hydrogens is 615 g/mol. The van der Waals surface area contributed by atoms with E-state index in [9.17, 15) is 27.6 Å². The Kier molecular flexibility index (Phi) is 10.7. The molecule has 0 saturated heterocycles. The molecule has 0 aromatic heterocycles. The third kappa shape index (κ3) is 9.13. The number of nitrogens with one attached hydrogen (secondary N) is 3. The van der Waals surface area contributed by atoms with Crippen LogP contribution in [0.3, 0.4) is 0 Å². The first-order valence-electron chi connectivity index (χ1n) is 12.9. The summed E-state index contributed by atoms with van der Waals surface area (Å²) in [6.07, 6.45) is -3.06.